The number of hydrogen-bond acceptors (Lipinski definition) is 3. The van der Waals surface area contributed by atoms with Crippen LogP contribution in [0, 0.1) is 11.8 Å². The molecular weight excluding hydrogens is 307 g/mol. The molecule has 1 heterocycles. The number of anilines is 1. The molecular formula is C13H17Cl3N2O. The molecule has 0 radical (unpaired) electrons. The number of nitrogens with one attached hydrogen (secondary N) is 1. The van der Waals surface area contributed by atoms with Crippen LogP contribution in [0.25, 0.3) is 0 Å². The number of aliphatic hydroxyl groups excluding tert-OH is 1. The molecule has 1 aliphatic carbocycles. The fraction of sp³-hybridized carbons (Fsp3) is 0.615. The van der Waals surface area contributed by atoms with E-state index in [4.69, 9.17) is 34.8 Å². The molecule has 2 rings (SSSR count). The number of nitrogens with zero attached hydrogens (tertiary/aromatic N) is 1. The predicted molar refractivity (Wildman–Crippen MR) is 80.3 cm³/mol. The number of rotatable bonds is 4. The van der Waals surface area contributed by atoms with Gasteiger partial charge < -0.3 is 10.4 Å². The van der Waals surface area contributed by atoms with Crippen LogP contribution in [0.5, 0.6) is 0 Å². The summed E-state index contributed by atoms with van der Waals surface area (Å²) in [6.45, 7) is 0.991. The van der Waals surface area contributed by atoms with E-state index in [1.54, 1.807) is 6.07 Å². The van der Waals surface area contributed by atoms with Crippen LogP contribution in [0.15, 0.2) is 6.07 Å². The Morgan fingerprint density at radius 3 is 2.53 bits per heavy atom. The summed E-state index contributed by atoms with van der Waals surface area (Å²) in [6, 6.07) is 1.59. The highest BCUT2D eigenvalue weighted by Crippen LogP contribution is 2.32. The van der Waals surface area contributed by atoms with E-state index >= 15 is 0 Å². The van der Waals surface area contributed by atoms with Crippen molar-refractivity contribution >= 4 is 40.6 Å². The first kappa shape index (κ1) is 15.2. The maximum absolute atomic E-state index is 9.39. The van der Waals surface area contributed by atoms with Gasteiger partial charge in [0.15, 0.2) is 0 Å². The van der Waals surface area contributed by atoms with Gasteiger partial charge in [0.05, 0.1) is 10.0 Å². The van der Waals surface area contributed by atoms with Crippen LogP contribution in [-0.4, -0.2) is 23.2 Å². The molecule has 1 aliphatic rings. The molecule has 0 spiro atoms. The Morgan fingerprint density at radius 2 is 1.84 bits per heavy atom. The summed E-state index contributed by atoms with van der Waals surface area (Å²) >= 11 is 17.8. The number of halogens is 3. The summed E-state index contributed by atoms with van der Waals surface area (Å²) in [5, 5.41) is 13.7. The zero-order valence-corrected chi connectivity index (χ0v) is 12.8. The van der Waals surface area contributed by atoms with Gasteiger partial charge >= 0.3 is 0 Å². The first-order valence-electron chi connectivity index (χ1n) is 6.48. The number of pyridine rings is 1. The van der Waals surface area contributed by atoms with E-state index in [2.05, 4.69) is 10.3 Å². The molecule has 19 heavy (non-hydrogen) atoms. The van der Waals surface area contributed by atoms with E-state index < -0.39 is 0 Å². The van der Waals surface area contributed by atoms with Gasteiger partial charge in [-0.25, -0.2) is 4.98 Å². The zero-order valence-electron chi connectivity index (χ0n) is 10.5. The van der Waals surface area contributed by atoms with E-state index in [-0.39, 0.29) is 11.8 Å². The van der Waals surface area contributed by atoms with Gasteiger partial charge in [0.25, 0.3) is 0 Å². The summed E-state index contributed by atoms with van der Waals surface area (Å²) in [5.74, 6) is 1.37. The minimum atomic E-state index is 0.245. The van der Waals surface area contributed by atoms with Crippen molar-refractivity contribution in [2.75, 3.05) is 18.5 Å². The molecule has 0 aliphatic heterocycles. The van der Waals surface area contributed by atoms with Gasteiger partial charge in [0, 0.05) is 13.2 Å². The minimum absolute atomic E-state index is 0.245. The molecule has 0 aromatic carbocycles. The lowest BCUT2D eigenvalue weighted by Crippen LogP contribution is -2.28. The number of aromatic nitrogens is 1. The molecule has 2 atom stereocenters. The van der Waals surface area contributed by atoms with Gasteiger partial charge in [-0.05, 0) is 30.7 Å². The Labute approximate surface area is 128 Å². The third-order valence-electron chi connectivity index (χ3n) is 3.72. The van der Waals surface area contributed by atoms with Gasteiger partial charge in [0.1, 0.15) is 11.0 Å². The quantitative estimate of drug-likeness (QED) is 0.814. The monoisotopic (exact) mass is 322 g/mol. The summed E-state index contributed by atoms with van der Waals surface area (Å²) in [4.78, 5) is 4.14. The van der Waals surface area contributed by atoms with Crippen LogP contribution in [0.1, 0.15) is 25.7 Å². The van der Waals surface area contributed by atoms with E-state index in [0.29, 0.717) is 27.7 Å². The molecule has 2 N–H and O–H groups in total. The topological polar surface area (TPSA) is 45.1 Å². The van der Waals surface area contributed by atoms with Crippen molar-refractivity contribution in [2.24, 2.45) is 11.8 Å². The minimum Gasteiger partial charge on any atom is -0.396 e. The zero-order chi connectivity index (χ0) is 13.8. The second-order valence-corrected chi connectivity index (χ2v) is 6.13. The van der Waals surface area contributed by atoms with Crippen molar-refractivity contribution in [3.05, 3.63) is 21.3 Å². The highest BCUT2D eigenvalue weighted by molar-refractivity contribution is 6.42. The summed E-state index contributed by atoms with van der Waals surface area (Å²) in [6.07, 6.45) is 4.63. The lowest BCUT2D eigenvalue weighted by Gasteiger charge is -2.30. The molecule has 0 amide bonds. The highest BCUT2D eigenvalue weighted by Gasteiger charge is 2.24. The van der Waals surface area contributed by atoms with Crippen molar-refractivity contribution in [3.63, 3.8) is 0 Å². The maximum atomic E-state index is 9.39. The Balaban J connectivity index is 1.99. The van der Waals surface area contributed by atoms with Crippen LogP contribution in [0.4, 0.5) is 5.82 Å². The third-order valence-corrected chi connectivity index (χ3v) is 4.68. The first-order valence-corrected chi connectivity index (χ1v) is 7.61. The average molecular weight is 324 g/mol. The number of aliphatic hydroxyl groups is 1. The lowest BCUT2D eigenvalue weighted by molar-refractivity contribution is 0.141. The SMILES string of the molecule is OCC1CCCCC1CNc1nc(Cl)c(Cl)cc1Cl. The molecule has 1 fully saturated rings. The molecule has 2 unspecified atom stereocenters. The Morgan fingerprint density at radius 1 is 1.16 bits per heavy atom. The average Bonchev–Trinajstić information content (AvgIpc) is 2.41. The smallest absolute Gasteiger partial charge is 0.150 e. The molecule has 0 saturated heterocycles. The van der Waals surface area contributed by atoms with Crippen molar-refractivity contribution < 1.29 is 5.11 Å². The molecule has 1 saturated carbocycles. The molecule has 106 valence electrons. The Bertz CT molecular complexity index is 442. The number of hydrogen-bond donors (Lipinski definition) is 2. The van der Waals surface area contributed by atoms with Crippen molar-refractivity contribution in [1.29, 1.82) is 0 Å². The van der Waals surface area contributed by atoms with Crippen molar-refractivity contribution in [3.8, 4) is 0 Å². The van der Waals surface area contributed by atoms with E-state index in [1.807, 2.05) is 0 Å². The van der Waals surface area contributed by atoms with Gasteiger partial charge in [0.2, 0.25) is 0 Å². The van der Waals surface area contributed by atoms with Crippen LogP contribution in [-0.2, 0) is 0 Å². The first-order chi connectivity index (χ1) is 9.11. The van der Waals surface area contributed by atoms with Crippen molar-refractivity contribution in [2.45, 2.75) is 25.7 Å². The van der Waals surface area contributed by atoms with Crippen LogP contribution < -0.4 is 5.32 Å². The lowest BCUT2D eigenvalue weighted by atomic mass is 9.79. The van der Waals surface area contributed by atoms with Gasteiger partial charge in [-0.2, -0.15) is 0 Å². The molecule has 1 aromatic heterocycles. The molecule has 1 aromatic rings. The van der Waals surface area contributed by atoms with Crippen molar-refractivity contribution in [1.82, 2.24) is 4.98 Å². The van der Waals surface area contributed by atoms with Gasteiger partial charge in [-0.1, -0.05) is 47.6 Å². The predicted octanol–water partition coefficient (Wildman–Crippen LogP) is 4.25. The Hall–Kier alpha value is -0.220. The summed E-state index contributed by atoms with van der Waals surface area (Å²) < 4.78 is 0. The maximum Gasteiger partial charge on any atom is 0.150 e. The summed E-state index contributed by atoms with van der Waals surface area (Å²) in [7, 11) is 0. The molecule has 0 bridgehead atoms. The molecule has 6 heteroatoms. The fourth-order valence-corrected chi connectivity index (χ4v) is 3.15. The normalized spacial score (nSPS) is 23.4. The Kier molecular flexibility index (Phi) is 5.58. The van der Waals surface area contributed by atoms with Gasteiger partial charge in [-0.15, -0.1) is 0 Å². The standard InChI is InChI=1S/C13H17Cl3N2O/c14-10-5-11(15)13(18-12(10)16)17-6-8-3-1-2-4-9(8)7-19/h5,8-9,19H,1-4,6-7H2,(H,17,18). The second-order valence-electron chi connectivity index (χ2n) is 4.96. The fourth-order valence-electron chi connectivity index (χ4n) is 2.59. The van der Waals surface area contributed by atoms with E-state index in [1.165, 1.54) is 12.8 Å². The molecule has 3 nitrogen and oxygen atoms in total. The van der Waals surface area contributed by atoms with Crippen LogP contribution in [0.2, 0.25) is 15.2 Å². The van der Waals surface area contributed by atoms with E-state index in [9.17, 15) is 5.11 Å². The van der Waals surface area contributed by atoms with Crippen LogP contribution >= 0.6 is 34.8 Å². The van der Waals surface area contributed by atoms with Crippen LogP contribution in [0.3, 0.4) is 0 Å². The summed E-state index contributed by atoms with van der Waals surface area (Å²) in [5.41, 5.74) is 0. The third kappa shape index (κ3) is 3.88. The van der Waals surface area contributed by atoms with E-state index in [0.717, 1.165) is 19.4 Å². The van der Waals surface area contributed by atoms with Gasteiger partial charge in [-0.3, -0.25) is 0 Å². The highest BCUT2D eigenvalue weighted by atomic mass is 35.5. The second kappa shape index (κ2) is 6.98. The largest absolute Gasteiger partial charge is 0.396 e.